The molecule has 0 radical (unpaired) electrons. The number of carbonyl (C=O) groups excluding carboxylic acids is 2. The summed E-state index contributed by atoms with van der Waals surface area (Å²) in [5, 5.41) is 3.05. The van der Waals surface area contributed by atoms with Gasteiger partial charge in [-0.05, 0) is 31.4 Å². The summed E-state index contributed by atoms with van der Waals surface area (Å²) < 4.78 is 17.4. The zero-order valence-electron chi connectivity index (χ0n) is 15.7. The van der Waals surface area contributed by atoms with E-state index in [1.807, 2.05) is 25.1 Å². The molecule has 0 spiro atoms. The number of nitrogens with one attached hydrogen (secondary N) is 1. The second-order valence-electron chi connectivity index (χ2n) is 7.75. The molecule has 2 heterocycles. The molecule has 0 unspecified atom stereocenters. The third-order valence-corrected chi connectivity index (χ3v) is 5.51. The lowest BCUT2D eigenvalue weighted by Gasteiger charge is -2.17. The van der Waals surface area contributed by atoms with Crippen molar-refractivity contribution in [3.63, 3.8) is 0 Å². The average Bonchev–Trinajstić information content (AvgIpc) is 3.36. The van der Waals surface area contributed by atoms with Crippen molar-refractivity contribution in [2.75, 3.05) is 19.8 Å². The molecule has 1 amide bonds. The Morgan fingerprint density at radius 1 is 1.19 bits per heavy atom. The van der Waals surface area contributed by atoms with E-state index in [-0.39, 0.29) is 41.8 Å². The largest absolute Gasteiger partial charge is 0.494 e. The Morgan fingerprint density at radius 2 is 2.00 bits per heavy atom. The van der Waals surface area contributed by atoms with Gasteiger partial charge < -0.3 is 19.5 Å². The van der Waals surface area contributed by atoms with E-state index < -0.39 is 0 Å². The Bertz CT molecular complexity index is 702. The summed E-state index contributed by atoms with van der Waals surface area (Å²) in [7, 11) is 0. The first-order valence-electron chi connectivity index (χ1n) is 9.95. The molecule has 0 bridgehead atoms. The number of benzene rings is 1. The van der Waals surface area contributed by atoms with Gasteiger partial charge >= 0.3 is 0 Å². The molecule has 3 fully saturated rings. The summed E-state index contributed by atoms with van der Waals surface area (Å²) in [5.41, 5.74) is 0.656. The first kappa shape index (κ1) is 18.4. The highest BCUT2D eigenvalue weighted by atomic mass is 16.6. The zero-order chi connectivity index (χ0) is 18.8. The van der Waals surface area contributed by atoms with E-state index in [1.54, 1.807) is 6.07 Å². The fraction of sp³-hybridized carbons (Fsp3) is 0.619. The van der Waals surface area contributed by atoms with Gasteiger partial charge in [0.1, 0.15) is 11.9 Å². The number of fused-ring (bicyclic) bond motifs is 1. The number of carbonyl (C=O) groups is 2. The molecule has 2 aliphatic heterocycles. The topological polar surface area (TPSA) is 73.9 Å². The normalized spacial score (nSPS) is 29.4. The molecule has 4 rings (SSSR count). The number of amides is 1. The van der Waals surface area contributed by atoms with Gasteiger partial charge in [-0.3, -0.25) is 9.59 Å². The minimum absolute atomic E-state index is 0.0190. The van der Waals surface area contributed by atoms with E-state index in [4.69, 9.17) is 14.2 Å². The summed E-state index contributed by atoms with van der Waals surface area (Å²) in [6.45, 7) is 3.63. The van der Waals surface area contributed by atoms with Crippen molar-refractivity contribution >= 4 is 11.7 Å². The van der Waals surface area contributed by atoms with Gasteiger partial charge in [-0.25, -0.2) is 0 Å². The van der Waals surface area contributed by atoms with Crippen LogP contribution in [0.25, 0.3) is 0 Å². The molecule has 0 aromatic heterocycles. The van der Waals surface area contributed by atoms with Gasteiger partial charge in [-0.2, -0.15) is 0 Å². The summed E-state index contributed by atoms with van der Waals surface area (Å²) in [4.78, 5) is 24.7. The molecule has 3 aliphatic rings. The predicted molar refractivity (Wildman–Crippen MR) is 98.8 cm³/mol. The van der Waals surface area contributed by atoms with Crippen LogP contribution in [0, 0.1) is 11.8 Å². The van der Waals surface area contributed by atoms with Crippen LogP contribution in [0.1, 0.15) is 43.0 Å². The third-order valence-electron chi connectivity index (χ3n) is 5.51. The lowest BCUT2D eigenvalue weighted by atomic mass is 9.92. The summed E-state index contributed by atoms with van der Waals surface area (Å²) in [5.74, 6) is 1.09. The molecule has 1 aliphatic carbocycles. The van der Waals surface area contributed by atoms with Gasteiger partial charge in [0, 0.05) is 23.8 Å². The van der Waals surface area contributed by atoms with Crippen LogP contribution in [-0.2, 0) is 14.3 Å². The van der Waals surface area contributed by atoms with Gasteiger partial charge in [0.05, 0.1) is 32.0 Å². The van der Waals surface area contributed by atoms with Gasteiger partial charge in [0.25, 0.3) is 0 Å². The van der Waals surface area contributed by atoms with E-state index in [1.165, 1.54) is 0 Å². The Morgan fingerprint density at radius 3 is 2.78 bits per heavy atom. The highest BCUT2D eigenvalue weighted by Gasteiger charge is 2.49. The number of hydrogen-bond acceptors (Lipinski definition) is 5. The molecule has 1 aromatic carbocycles. The number of ketones is 1. The average molecular weight is 373 g/mol. The van der Waals surface area contributed by atoms with Crippen LogP contribution in [-0.4, -0.2) is 49.8 Å². The fourth-order valence-corrected chi connectivity index (χ4v) is 3.86. The second kappa shape index (κ2) is 7.98. The monoisotopic (exact) mass is 373 g/mol. The molecule has 2 saturated heterocycles. The van der Waals surface area contributed by atoms with Crippen molar-refractivity contribution < 1.29 is 23.8 Å². The molecular weight excluding hydrogens is 346 g/mol. The standard InChI is InChI=1S/C21H27NO5/c1-2-8-25-16-5-3-4-14(9-16)18(23)10-15-11-26-20-17(12-27-19(15)20)22-21(24)13-6-7-13/h3-5,9,13,15,17,19-20H,2,6-8,10-12H2,1H3,(H,22,24)/t15-,17-,19+,20+/m0/s1. The highest BCUT2D eigenvalue weighted by Crippen LogP contribution is 2.35. The fourth-order valence-electron chi connectivity index (χ4n) is 3.86. The lowest BCUT2D eigenvalue weighted by Crippen LogP contribution is -2.44. The van der Waals surface area contributed by atoms with Gasteiger partial charge in [0.2, 0.25) is 5.91 Å². The molecule has 6 heteroatoms. The molecule has 1 N–H and O–H groups in total. The van der Waals surface area contributed by atoms with Crippen LogP contribution < -0.4 is 10.1 Å². The van der Waals surface area contributed by atoms with Crippen molar-refractivity contribution in [3.05, 3.63) is 29.8 Å². The van der Waals surface area contributed by atoms with Crippen molar-refractivity contribution in [1.29, 1.82) is 0 Å². The van der Waals surface area contributed by atoms with Crippen LogP contribution in [0.4, 0.5) is 0 Å². The maximum atomic E-state index is 12.7. The van der Waals surface area contributed by atoms with Crippen LogP contribution in [0.15, 0.2) is 24.3 Å². The minimum atomic E-state index is -0.148. The lowest BCUT2D eigenvalue weighted by molar-refractivity contribution is -0.123. The molecule has 1 aromatic rings. The Balaban J connectivity index is 1.34. The first-order chi connectivity index (χ1) is 13.2. The third kappa shape index (κ3) is 4.17. The van der Waals surface area contributed by atoms with E-state index in [0.717, 1.165) is 25.0 Å². The molecule has 146 valence electrons. The van der Waals surface area contributed by atoms with E-state index in [0.29, 0.717) is 31.8 Å². The van der Waals surface area contributed by atoms with Crippen molar-refractivity contribution in [3.8, 4) is 5.75 Å². The van der Waals surface area contributed by atoms with Crippen LogP contribution in [0.5, 0.6) is 5.75 Å². The van der Waals surface area contributed by atoms with Gasteiger partial charge in [-0.1, -0.05) is 19.1 Å². The van der Waals surface area contributed by atoms with Crippen LogP contribution >= 0.6 is 0 Å². The summed E-state index contributed by atoms with van der Waals surface area (Å²) >= 11 is 0. The summed E-state index contributed by atoms with van der Waals surface area (Å²) in [6, 6.07) is 7.24. The molecule has 6 nitrogen and oxygen atoms in total. The predicted octanol–water partition coefficient (Wildman–Crippen LogP) is 2.36. The summed E-state index contributed by atoms with van der Waals surface area (Å²) in [6.07, 6.45) is 2.99. The quantitative estimate of drug-likeness (QED) is 0.708. The zero-order valence-corrected chi connectivity index (χ0v) is 15.7. The molecule has 4 atom stereocenters. The van der Waals surface area contributed by atoms with Crippen molar-refractivity contribution in [2.45, 2.75) is 50.9 Å². The molecular formula is C21H27NO5. The van der Waals surface area contributed by atoms with Gasteiger partial charge in [-0.15, -0.1) is 0 Å². The van der Waals surface area contributed by atoms with Crippen LogP contribution in [0.3, 0.4) is 0 Å². The SMILES string of the molecule is CCCOc1cccc(C(=O)C[C@H]2CO[C@H]3[C@@H]2OC[C@@H]3NC(=O)C2CC2)c1. The Kier molecular flexibility index (Phi) is 5.45. The Hall–Kier alpha value is -1.92. The van der Waals surface area contributed by atoms with E-state index in [9.17, 15) is 9.59 Å². The number of ether oxygens (including phenoxy) is 3. The minimum Gasteiger partial charge on any atom is -0.494 e. The highest BCUT2D eigenvalue weighted by molar-refractivity contribution is 5.96. The van der Waals surface area contributed by atoms with E-state index >= 15 is 0 Å². The van der Waals surface area contributed by atoms with Crippen molar-refractivity contribution in [1.82, 2.24) is 5.32 Å². The molecule has 1 saturated carbocycles. The maximum absolute atomic E-state index is 12.7. The van der Waals surface area contributed by atoms with E-state index in [2.05, 4.69) is 5.32 Å². The van der Waals surface area contributed by atoms with Gasteiger partial charge in [0.15, 0.2) is 5.78 Å². The Labute approximate surface area is 159 Å². The molecule has 27 heavy (non-hydrogen) atoms. The smallest absolute Gasteiger partial charge is 0.223 e. The maximum Gasteiger partial charge on any atom is 0.223 e. The number of hydrogen-bond donors (Lipinski definition) is 1. The first-order valence-corrected chi connectivity index (χ1v) is 9.95. The van der Waals surface area contributed by atoms with Crippen LogP contribution in [0.2, 0.25) is 0 Å². The number of Topliss-reactive ketones (excluding diaryl/α,β-unsaturated/α-hetero) is 1. The number of rotatable bonds is 8. The second-order valence-corrected chi connectivity index (χ2v) is 7.75. The van der Waals surface area contributed by atoms with Crippen molar-refractivity contribution in [2.24, 2.45) is 11.8 Å².